The second-order valence-electron chi connectivity index (χ2n) is 7.08. The van der Waals surface area contributed by atoms with Crippen LogP contribution >= 0.6 is 11.3 Å². The van der Waals surface area contributed by atoms with E-state index in [0.29, 0.717) is 10.7 Å². The number of thiazole rings is 1. The van der Waals surface area contributed by atoms with Gasteiger partial charge in [0.05, 0.1) is 22.3 Å². The number of carbonyl (C=O) groups excluding carboxylic acids is 1. The molecule has 136 valence electrons. The number of nitrogens with one attached hydrogen (secondary N) is 1. The molecule has 7 heteroatoms. The largest absolute Gasteiger partial charge is 0.298 e. The van der Waals surface area contributed by atoms with E-state index < -0.39 is 0 Å². The van der Waals surface area contributed by atoms with Gasteiger partial charge in [0.25, 0.3) is 5.91 Å². The van der Waals surface area contributed by atoms with Gasteiger partial charge in [-0.1, -0.05) is 13.3 Å². The third-order valence-corrected chi connectivity index (χ3v) is 6.22. The SMILES string of the molecule is CCC1CCc2nc(NC(=O)c3cc(C)nc4c3c(C)nn4C)sc2C1. The van der Waals surface area contributed by atoms with Crippen molar-refractivity contribution in [1.29, 1.82) is 0 Å². The maximum atomic E-state index is 13.0. The summed E-state index contributed by atoms with van der Waals surface area (Å²) >= 11 is 1.62. The molecule has 3 heterocycles. The Morgan fingerprint density at radius 2 is 2.19 bits per heavy atom. The number of aryl methyl sites for hydroxylation is 4. The van der Waals surface area contributed by atoms with Crippen LogP contribution in [0.5, 0.6) is 0 Å². The van der Waals surface area contributed by atoms with Crippen LogP contribution in [0.2, 0.25) is 0 Å². The molecule has 26 heavy (non-hydrogen) atoms. The standard InChI is InChI=1S/C19H23N5OS/c1-5-12-6-7-14-15(9-12)26-19(21-14)22-18(25)13-8-10(2)20-17-16(13)11(3)23-24(17)4/h8,12H,5-7,9H2,1-4H3,(H,21,22,25). The highest BCUT2D eigenvalue weighted by Crippen LogP contribution is 2.34. The second-order valence-corrected chi connectivity index (χ2v) is 8.16. The van der Waals surface area contributed by atoms with Crippen LogP contribution in [0.1, 0.15) is 52.1 Å². The van der Waals surface area contributed by atoms with Crippen LogP contribution in [-0.2, 0) is 19.9 Å². The van der Waals surface area contributed by atoms with E-state index in [2.05, 4.69) is 27.3 Å². The summed E-state index contributed by atoms with van der Waals surface area (Å²) in [7, 11) is 1.85. The molecule has 1 amide bonds. The first kappa shape index (κ1) is 17.1. The van der Waals surface area contributed by atoms with Crippen molar-refractivity contribution < 1.29 is 4.79 Å². The van der Waals surface area contributed by atoms with E-state index in [1.54, 1.807) is 16.0 Å². The molecule has 0 bridgehead atoms. The fraction of sp³-hybridized carbons (Fsp3) is 0.474. The minimum Gasteiger partial charge on any atom is -0.298 e. The lowest BCUT2D eigenvalue weighted by molar-refractivity contribution is 0.102. The molecular formula is C19H23N5OS. The molecule has 0 aromatic carbocycles. The lowest BCUT2D eigenvalue weighted by atomic mass is 9.89. The lowest BCUT2D eigenvalue weighted by Gasteiger charge is -2.18. The topological polar surface area (TPSA) is 72.7 Å². The van der Waals surface area contributed by atoms with Gasteiger partial charge in [0.1, 0.15) is 0 Å². The summed E-state index contributed by atoms with van der Waals surface area (Å²) in [6.45, 7) is 6.04. The van der Waals surface area contributed by atoms with Gasteiger partial charge in [-0.3, -0.25) is 14.8 Å². The van der Waals surface area contributed by atoms with Crippen molar-refractivity contribution in [3.8, 4) is 0 Å². The molecule has 0 saturated carbocycles. The fourth-order valence-corrected chi connectivity index (χ4v) is 4.88. The van der Waals surface area contributed by atoms with Gasteiger partial charge in [0, 0.05) is 17.6 Å². The average molecular weight is 369 g/mol. The van der Waals surface area contributed by atoms with E-state index in [1.807, 2.05) is 27.0 Å². The molecule has 1 aliphatic carbocycles. The molecule has 1 atom stereocenters. The average Bonchev–Trinajstić information content (AvgIpc) is 3.13. The van der Waals surface area contributed by atoms with Crippen molar-refractivity contribution in [2.24, 2.45) is 13.0 Å². The Bertz CT molecular complexity index is 1000. The van der Waals surface area contributed by atoms with Gasteiger partial charge < -0.3 is 0 Å². The van der Waals surface area contributed by atoms with E-state index in [1.165, 1.54) is 17.7 Å². The fourth-order valence-electron chi connectivity index (χ4n) is 3.76. The smallest absolute Gasteiger partial charge is 0.258 e. The van der Waals surface area contributed by atoms with E-state index in [-0.39, 0.29) is 5.91 Å². The number of aromatic nitrogens is 4. The van der Waals surface area contributed by atoms with E-state index >= 15 is 0 Å². The molecule has 1 unspecified atom stereocenters. The van der Waals surface area contributed by atoms with Crippen LogP contribution in [0.15, 0.2) is 6.07 Å². The highest BCUT2D eigenvalue weighted by molar-refractivity contribution is 7.15. The molecule has 0 saturated heterocycles. The van der Waals surface area contributed by atoms with Gasteiger partial charge in [-0.2, -0.15) is 5.10 Å². The molecule has 0 fully saturated rings. The Kier molecular flexibility index (Phi) is 4.26. The predicted octanol–water partition coefficient (Wildman–Crippen LogP) is 3.81. The molecule has 6 nitrogen and oxygen atoms in total. The summed E-state index contributed by atoms with van der Waals surface area (Å²) in [5, 5.41) is 8.92. The number of pyridine rings is 1. The van der Waals surface area contributed by atoms with Crippen LogP contribution in [0.3, 0.4) is 0 Å². The van der Waals surface area contributed by atoms with E-state index in [4.69, 9.17) is 0 Å². The highest BCUT2D eigenvalue weighted by atomic mass is 32.1. The monoisotopic (exact) mass is 369 g/mol. The molecule has 4 rings (SSSR count). The zero-order chi connectivity index (χ0) is 18.4. The third kappa shape index (κ3) is 2.90. The Morgan fingerprint density at radius 1 is 1.38 bits per heavy atom. The van der Waals surface area contributed by atoms with Gasteiger partial charge in [-0.25, -0.2) is 9.97 Å². The van der Waals surface area contributed by atoms with Crippen molar-refractivity contribution in [1.82, 2.24) is 19.7 Å². The number of rotatable bonds is 3. The molecule has 0 aliphatic heterocycles. The number of carbonyl (C=O) groups is 1. The van der Waals surface area contributed by atoms with Crippen LogP contribution in [0.4, 0.5) is 5.13 Å². The summed E-state index contributed by atoms with van der Waals surface area (Å²) in [6, 6.07) is 1.83. The first-order valence-electron chi connectivity index (χ1n) is 9.07. The van der Waals surface area contributed by atoms with Gasteiger partial charge >= 0.3 is 0 Å². The van der Waals surface area contributed by atoms with Crippen molar-refractivity contribution in [2.45, 2.75) is 46.5 Å². The van der Waals surface area contributed by atoms with Gasteiger partial charge in [0.15, 0.2) is 10.8 Å². The summed E-state index contributed by atoms with van der Waals surface area (Å²) in [4.78, 5) is 23.5. The molecule has 1 aliphatic rings. The first-order valence-corrected chi connectivity index (χ1v) is 9.88. The van der Waals surface area contributed by atoms with Gasteiger partial charge in [0.2, 0.25) is 0 Å². The summed E-state index contributed by atoms with van der Waals surface area (Å²) < 4.78 is 1.72. The number of fused-ring (bicyclic) bond motifs is 2. The Morgan fingerprint density at radius 3 is 2.96 bits per heavy atom. The minimum atomic E-state index is -0.144. The van der Waals surface area contributed by atoms with Crippen molar-refractivity contribution in [3.05, 3.63) is 33.6 Å². The Labute approximate surface area is 156 Å². The molecule has 0 spiro atoms. The third-order valence-electron chi connectivity index (χ3n) is 5.18. The predicted molar refractivity (Wildman–Crippen MR) is 104 cm³/mol. The summed E-state index contributed by atoms with van der Waals surface area (Å²) in [5.41, 5.74) is 4.11. The zero-order valence-corrected chi connectivity index (χ0v) is 16.4. The number of anilines is 1. The lowest BCUT2D eigenvalue weighted by Crippen LogP contribution is -2.13. The second kappa shape index (κ2) is 6.46. The Balaban J connectivity index is 1.66. The zero-order valence-electron chi connectivity index (χ0n) is 15.6. The molecule has 1 N–H and O–H groups in total. The van der Waals surface area contributed by atoms with Crippen molar-refractivity contribution >= 4 is 33.4 Å². The first-order chi connectivity index (χ1) is 12.5. The van der Waals surface area contributed by atoms with E-state index in [9.17, 15) is 4.79 Å². The highest BCUT2D eigenvalue weighted by Gasteiger charge is 2.23. The molecule has 3 aromatic rings. The van der Waals surface area contributed by atoms with Crippen molar-refractivity contribution in [3.63, 3.8) is 0 Å². The number of nitrogens with zero attached hydrogens (tertiary/aromatic N) is 4. The normalized spacial score (nSPS) is 16.7. The number of amides is 1. The molecule has 0 radical (unpaired) electrons. The van der Waals surface area contributed by atoms with Gasteiger partial charge in [-0.15, -0.1) is 11.3 Å². The van der Waals surface area contributed by atoms with Crippen LogP contribution in [0.25, 0.3) is 11.0 Å². The summed E-state index contributed by atoms with van der Waals surface area (Å²) in [6.07, 6.45) is 4.49. The maximum absolute atomic E-state index is 13.0. The molecular weight excluding hydrogens is 346 g/mol. The number of hydrogen-bond acceptors (Lipinski definition) is 5. The van der Waals surface area contributed by atoms with Gasteiger partial charge in [-0.05, 0) is 45.1 Å². The number of hydrogen-bond donors (Lipinski definition) is 1. The Hall–Kier alpha value is -2.28. The maximum Gasteiger partial charge on any atom is 0.258 e. The quantitative estimate of drug-likeness (QED) is 0.762. The molecule has 3 aromatic heterocycles. The van der Waals surface area contributed by atoms with Crippen LogP contribution < -0.4 is 5.32 Å². The van der Waals surface area contributed by atoms with Crippen LogP contribution in [0, 0.1) is 19.8 Å². The van der Waals surface area contributed by atoms with E-state index in [0.717, 1.165) is 46.9 Å². The summed E-state index contributed by atoms with van der Waals surface area (Å²) in [5.74, 6) is 0.599. The van der Waals surface area contributed by atoms with Crippen molar-refractivity contribution in [2.75, 3.05) is 5.32 Å². The minimum absolute atomic E-state index is 0.144. The van der Waals surface area contributed by atoms with Crippen LogP contribution in [-0.4, -0.2) is 25.7 Å².